The van der Waals surface area contributed by atoms with Gasteiger partial charge in [-0.15, -0.1) is 0 Å². The van der Waals surface area contributed by atoms with E-state index in [0.29, 0.717) is 43.6 Å². The minimum atomic E-state index is -2.38. The first-order valence-electron chi connectivity index (χ1n) is 14.2. The van der Waals surface area contributed by atoms with E-state index < -0.39 is 18.7 Å². The molecule has 1 amide bonds. The van der Waals surface area contributed by atoms with E-state index in [9.17, 15) is 4.79 Å². The number of hydrogen-bond donors (Lipinski definition) is 1. The van der Waals surface area contributed by atoms with Crippen LogP contribution in [0.3, 0.4) is 0 Å². The fourth-order valence-electron chi connectivity index (χ4n) is 3.39. The highest BCUT2D eigenvalue weighted by molar-refractivity contribution is 6.43. The molecule has 0 atom stereocenters. The van der Waals surface area contributed by atoms with Gasteiger partial charge in [0.1, 0.15) is 5.75 Å². The van der Waals surface area contributed by atoms with Crippen molar-refractivity contribution in [1.82, 2.24) is 4.90 Å². The number of piperazine rings is 1. The van der Waals surface area contributed by atoms with Crippen molar-refractivity contribution in [2.45, 2.75) is 25.6 Å². The second kappa shape index (κ2) is 9.90. The van der Waals surface area contributed by atoms with Crippen LogP contribution in [-0.2, 0) is 11.2 Å². The van der Waals surface area contributed by atoms with Gasteiger partial charge < -0.3 is 14.9 Å². The number of nitrogens with zero attached hydrogens (tertiary/aromatic N) is 2. The fraction of sp³-hybridized carbons (Fsp3) is 0.435. The zero-order valence-corrected chi connectivity index (χ0v) is 17.8. The summed E-state index contributed by atoms with van der Waals surface area (Å²) in [7, 11) is 0. The maximum absolute atomic E-state index is 12.2. The van der Waals surface area contributed by atoms with Crippen molar-refractivity contribution >= 4 is 40.5 Å². The number of nitrogens with one attached hydrogen (secondary N) is 1. The van der Waals surface area contributed by atoms with E-state index in [2.05, 4.69) is 4.90 Å². The van der Waals surface area contributed by atoms with E-state index in [0.717, 1.165) is 13.0 Å². The van der Waals surface area contributed by atoms with Crippen LogP contribution in [-0.4, -0.2) is 50.1 Å². The molecule has 0 saturated carbocycles. The van der Waals surface area contributed by atoms with Gasteiger partial charge in [-0.25, -0.2) is 0 Å². The molecule has 7 heteroatoms. The van der Waals surface area contributed by atoms with Crippen molar-refractivity contribution in [3.63, 3.8) is 0 Å². The van der Waals surface area contributed by atoms with Gasteiger partial charge in [-0.3, -0.25) is 9.69 Å². The van der Waals surface area contributed by atoms with E-state index in [1.54, 1.807) is 0 Å². The summed E-state index contributed by atoms with van der Waals surface area (Å²) >= 11 is 12.4. The van der Waals surface area contributed by atoms with Crippen molar-refractivity contribution in [3.8, 4) is 5.75 Å². The molecule has 2 aliphatic heterocycles. The normalized spacial score (nSPS) is 23.1. The Morgan fingerprint density at radius 1 is 1.17 bits per heavy atom. The number of fused-ring (bicyclic) bond motifs is 1. The predicted molar refractivity (Wildman–Crippen MR) is 123 cm³/mol. The molecule has 4 rings (SSSR count). The van der Waals surface area contributed by atoms with Crippen LogP contribution in [0.5, 0.6) is 5.75 Å². The molecular formula is C23H27Cl2N3O2. The number of anilines is 2. The summed E-state index contributed by atoms with van der Waals surface area (Å²) in [4.78, 5) is 16.3. The summed E-state index contributed by atoms with van der Waals surface area (Å²) in [5, 5.41) is 0.383. The summed E-state index contributed by atoms with van der Waals surface area (Å²) in [6.07, 6.45) is -1.52. The Labute approximate surface area is 200 Å². The van der Waals surface area contributed by atoms with Crippen molar-refractivity contribution in [3.05, 3.63) is 51.9 Å². The maximum Gasteiger partial charge on any atom is 0.224 e. The molecule has 0 unspecified atom stereocenters. The van der Waals surface area contributed by atoms with E-state index >= 15 is 0 Å². The molecule has 0 aromatic heterocycles. The van der Waals surface area contributed by atoms with E-state index in [-0.39, 0.29) is 69.9 Å². The SMILES string of the molecule is [2H]c1c([2H])c(Cl)c(Cl)c(N2CCN(CCCCOc3c([2H])c([2H])c4c(c3[2H])N([2H])C(=O)C([2H])([2H])C4)CC2)c1[2H]. The second-order valence-electron chi connectivity index (χ2n) is 7.04. The number of amides is 1. The zero-order valence-electron chi connectivity index (χ0n) is 25.3. The number of unbranched alkanes of at least 4 members (excludes halogenated alkanes) is 1. The quantitative estimate of drug-likeness (QED) is 0.604. The molecule has 0 spiro atoms. The number of benzene rings is 2. The fourth-order valence-corrected chi connectivity index (χ4v) is 3.74. The van der Waals surface area contributed by atoms with Gasteiger partial charge in [0.05, 0.1) is 30.6 Å². The molecule has 0 bridgehead atoms. The van der Waals surface area contributed by atoms with Crippen LogP contribution >= 0.6 is 23.2 Å². The summed E-state index contributed by atoms with van der Waals surface area (Å²) in [6.45, 7) is 3.42. The van der Waals surface area contributed by atoms with E-state index in [4.69, 9.17) is 40.3 Å². The topological polar surface area (TPSA) is 44.8 Å². The largest absolute Gasteiger partial charge is 0.494 e. The van der Waals surface area contributed by atoms with Gasteiger partial charge in [0, 0.05) is 47.0 Å². The lowest BCUT2D eigenvalue weighted by Crippen LogP contribution is -2.46. The summed E-state index contributed by atoms with van der Waals surface area (Å²) in [5.74, 6) is -1.32. The zero-order chi connectivity index (χ0) is 28.8. The number of rotatable bonds is 7. The number of hydrogen-bond acceptors (Lipinski definition) is 4. The average molecular weight is 457 g/mol. The van der Waals surface area contributed by atoms with Gasteiger partial charge in [-0.05, 0) is 49.5 Å². The molecule has 1 saturated heterocycles. The Bertz CT molecular complexity index is 1280. The van der Waals surface area contributed by atoms with Crippen LogP contribution < -0.4 is 14.9 Å². The molecule has 1 fully saturated rings. The van der Waals surface area contributed by atoms with Crippen LogP contribution in [0.1, 0.15) is 35.7 Å². The summed E-state index contributed by atoms with van der Waals surface area (Å²) < 4.78 is 78.1. The lowest BCUT2D eigenvalue weighted by Gasteiger charge is -2.36. The predicted octanol–water partition coefficient (Wildman–Crippen LogP) is 4.86. The Morgan fingerprint density at radius 2 is 2.00 bits per heavy atom. The standard InChI is InChI=1S/C23H27Cl2N3O2/c24-19-4-3-5-21(23(19)25)28-13-11-27(12-14-28)10-1-2-15-30-18-8-6-17-7-9-22(29)26-20(17)16-18/h3-6,8,16H,1-2,7,9-15H2,(H,26,29)/i3D,4D,5D,6D,8D,9D2,16D/hD. The molecule has 2 aliphatic rings. The first-order chi connectivity index (χ1) is 18.3. The lowest BCUT2D eigenvalue weighted by molar-refractivity contribution is -0.116. The molecule has 2 aromatic carbocycles. The molecule has 30 heavy (non-hydrogen) atoms. The van der Waals surface area contributed by atoms with Crippen molar-refractivity contribution in [1.29, 1.82) is 0 Å². The van der Waals surface area contributed by atoms with Crippen molar-refractivity contribution in [2.24, 2.45) is 0 Å². The van der Waals surface area contributed by atoms with Gasteiger partial charge in [-0.1, -0.05) is 35.3 Å². The summed E-state index contributed by atoms with van der Waals surface area (Å²) in [6, 6.07) is -1.72. The van der Waals surface area contributed by atoms with Gasteiger partial charge in [0.2, 0.25) is 5.91 Å². The van der Waals surface area contributed by atoms with Crippen LogP contribution in [0.15, 0.2) is 36.3 Å². The maximum atomic E-state index is 12.2. The average Bonchev–Trinajstić information content (AvgIpc) is 2.90. The highest BCUT2D eigenvalue weighted by Crippen LogP contribution is 2.33. The first kappa shape index (κ1) is 12.8. The monoisotopic (exact) mass is 456 g/mol. The van der Waals surface area contributed by atoms with E-state index in [1.807, 2.05) is 4.90 Å². The van der Waals surface area contributed by atoms with Gasteiger partial charge >= 0.3 is 0 Å². The highest BCUT2D eigenvalue weighted by Gasteiger charge is 2.19. The second-order valence-corrected chi connectivity index (χ2v) is 7.79. The summed E-state index contributed by atoms with van der Waals surface area (Å²) in [5.41, 5.74) is 0.138. The molecule has 160 valence electrons. The number of ether oxygens (including phenoxy) is 1. The van der Waals surface area contributed by atoms with Crippen LogP contribution in [0.2, 0.25) is 11.5 Å². The van der Waals surface area contributed by atoms with Crippen molar-refractivity contribution in [2.75, 3.05) is 49.5 Å². The number of carbonyl (C=O) groups excluding carboxylic acids is 1. The minimum Gasteiger partial charge on any atom is -0.494 e. The van der Waals surface area contributed by atoms with Crippen LogP contribution in [0, 0.1) is 0 Å². The van der Waals surface area contributed by atoms with E-state index in [1.165, 1.54) is 0 Å². The molecule has 0 aliphatic carbocycles. The van der Waals surface area contributed by atoms with Crippen LogP contribution in [0.25, 0.3) is 0 Å². The third-order valence-electron chi connectivity index (χ3n) is 5.03. The smallest absolute Gasteiger partial charge is 0.224 e. The number of halogens is 2. The Morgan fingerprint density at radius 3 is 2.83 bits per heavy atom. The highest BCUT2D eigenvalue weighted by atomic mass is 35.5. The first-order valence-corrected chi connectivity index (χ1v) is 10.5. The van der Waals surface area contributed by atoms with Gasteiger partial charge in [0.15, 0.2) is 1.41 Å². The molecule has 1 N–H and O–H groups in total. The molecule has 2 heterocycles. The third kappa shape index (κ3) is 5.20. The minimum absolute atomic E-state index is 0.0215. The molecular weight excluding hydrogens is 421 g/mol. The Balaban J connectivity index is 1.31. The lowest BCUT2D eigenvalue weighted by atomic mass is 10.0. The molecule has 5 nitrogen and oxygen atoms in total. The molecule has 0 radical (unpaired) electrons. The van der Waals surface area contributed by atoms with Gasteiger partial charge in [-0.2, -0.15) is 0 Å². The van der Waals surface area contributed by atoms with Crippen LogP contribution in [0.4, 0.5) is 11.4 Å². The van der Waals surface area contributed by atoms with Crippen molar-refractivity contribution < 1.29 is 21.9 Å². The Hall–Kier alpha value is -1.95. The van der Waals surface area contributed by atoms with Gasteiger partial charge in [0.25, 0.3) is 0 Å². The number of carbonyl (C=O) groups is 1. The Kier molecular flexibility index (Phi) is 4.22. The third-order valence-corrected chi connectivity index (χ3v) is 5.78. The molecule has 2 aromatic rings.